The van der Waals surface area contributed by atoms with E-state index in [1.165, 1.54) is 12.1 Å². The summed E-state index contributed by atoms with van der Waals surface area (Å²) in [6, 6.07) is 14.3. The lowest BCUT2D eigenvalue weighted by atomic mass is 10.2. The molecule has 1 aliphatic heterocycles. The number of anilines is 1. The van der Waals surface area contributed by atoms with Crippen LogP contribution in [0.15, 0.2) is 52.9 Å². The summed E-state index contributed by atoms with van der Waals surface area (Å²) in [5.74, 6) is 1.70. The van der Waals surface area contributed by atoms with Gasteiger partial charge in [-0.2, -0.15) is 0 Å². The number of ether oxygens (including phenoxy) is 1. The fourth-order valence-corrected chi connectivity index (χ4v) is 3.43. The van der Waals surface area contributed by atoms with Crippen molar-refractivity contribution in [3.63, 3.8) is 0 Å². The molecule has 0 amide bonds. The number of nitrogens with zero attached hydrogens (tertiary/aromatic N) is 4. The van der Waals surface area contributed by atoms with Gasteiger partial charge in [0.1, 0.15) is 11.6 Å². The van der Waals surface area contributed by atoms with E-state index in [1.54, 1.807) is 7.11 Å². The molecule has 1 saturated heterocycles. The summed E-state index contributed by atoms with van der Waals surface area (Å²) < 4.78 is 24.2. The molecule has 1 atom stereocenters. The summed E-state index contributed by atoms with van der Waals surface area (Å²) in [5.41, 5.74) is 1.92. The minimum atomic E-state index is -0.208. The van der Waals surface area contributed by atoms with Gasteiger partial charge in [0.15, 0.2) is 0 Å². The Morgan fingerprint density at radius 3 is 2.29 bits per heavy atom. The van der Waals surface area contributed by atoms with Crippen molar-refractivity contribution < 1.29 is 13.5 Å². The third-order valence-electron chi connectivity index (χ3n) is 5.19. The summed E-state index contributed by atoms with van der Waals surface area (Å²) >= 11 is 0. The van der Waals surface area contributed by atoms with Gasteiger partial charge in [-0.25, -0.2) is 4.39 Å². The molecule has 146 valence electrons. The van der Waals surface area contributed by atoms with Crippen LogP contribution in [0.1, 0.15) is 18.9 Å². The van der Waals surface area contributed by atoms with Crippen LogP contribution in [-0.2, 0) is 0 Å². The predicted molar refractivity (Wildman–Crippen MR) is 105 cm³/mol. The van der Waals surface area contributed by atoms with E-state index in [-0.39, 0.29) is 11.9 Å². The zero-order chi connectivity index (χ0) is 19.5. The molecule has 0 bridgehead atoms. The van der Waals surface area contributed by atoms with Crippen LogP contribution in [-0.4, -0.2) is 48.4 Å². The molecule has 7 heteroatoms. The molecule has 4 rings (SSSR count). The first-order valence-electron chi connectivity index (χ1n) is 9.36. The minimum Gasteiger partial charge on any atom is -0.497 e. The van der Waals surface area contributed by atoms with Crippen molar-refractivity contribution in [2.75, 3.05) is 38.2 Å². The maximum absolute atomic E-state index is 13.1. The largest absolute Gasteiger partial charge is 0.497 e. The average molecular weight is 382 g/mol. The molecular weight excluding hydrogens is 359 g/mol. The van der Waals surface area contributed by atoms with E-state index in [0.29, 0.717) is 11.8 Å². The molecular formula is C21H23FN4O2. The zero-order valence-corrected chi connectivity index (χ0v) is 16.0. The van der Waals surface area contributed by atoms with Gasteiger partial charge in [0.05, 0.1) is 13.2 Å². The zero-order valence-electron chi connectivity index (χ0n) is 16.0. The Morgan fingerprint density at radius 1 is 0.964 bits per heavy atom. The number of halogens is 1. The number of rotatable bonds is 5. The quantitative estimate of drug-likeness (QED) is 0.670. The first kappa shape index (κ1) is 18.4. The van der Waals surface area contributed by atoms with Crippen LogP contribution in [0.25, 0.3) is 11.5 Å². The monoisotopic (exact) mass is 382 g/mol. The first-order valence-corrected chi connectivity index (χ1v) is 9.36. The standard InChI is InChI=1S/C21H23FN4O2/c1-15(20-23-24-21(28-20)16-3-9-19(27-2)10-4-16)25-11-13-26(14-12-25)18-7-5-17(22)6-8-18/h3-10,15H,11-14H2,1-2H3/t15-/m1/s1. The van der Waals surface area contributed by atoms with Crippen LogP contribution >= 0.6 is 0 Å². The van der Waals surface area contributed by atoms with E-state index in [1.807, 2.05) is 36.4 Å². The number of methoxy groups -OCH3 is 1. The highest BCUT2D eigenvalue weighted by atomic mass is 19.1. The molecule has 28 heavy (non-hydrogen) atoms. The van der Waals surface area contributed by atoms with Gasteiger partial charge in [-0.05, 0) is 55.5 Å². The lowest BCUT2D eigenvalue weighted by Gasteiger charge is -2.38. The van der Waals surface area contributed by atoms with Gasteiger partial charge in [0.2, 0.25) is 11.8 Å². The average Bonchev–Trinajstić information content (AvgIpc) is 3.24. The fourth-order valence-electron chi connectivity index (χ4n) is 3.43. The van der Waals surface area contributed by atoms with Crippen molar-refractivity contribution in [2.45, 2.75) is 13.0 Å². The van der Waals surface area contributed by atoms with Crippen molar-refractivity contribution in [1.82, 2.24) is 15.1 Å². The van der Waals surface area contributed by atoms with Crippen molar-refractivity contribution in [3.05, 3.63) is 60.2 Å². The molecule has 3 aromatic rings. The summed E-state index contributed by atoms with van der Waals surface area (Å²) in [4.78, 5) is 4.59. The van der Waals surface area contributed by atoms with E-state index >= 15 is 0 Å². The van der Waals surface area contributed by atoms with Crippen LogP contribution in [0.5, 0.6) is 5.75 Å². The number of piperazine rings is 1. The van der Waals surface area contributed by atoms with Gasteiger partial charge in [0.25, 0.3) is 0 Å². The van der Waals surface area contributed by atoms with E-state index in [0.717, 1.165) is 43.2 Å². The van der Waals surface area contributed by atoms with Crippen LogP contribution in [0.2, 0.25) is 0 Å². The molecule has 1 fully saturated rings. The van der Waals surface area contributed by atoms with Gasteiger partial charge in [-0.1, -0.05) is 0 Å². The third kappa shape index (κ3) is 3.84. The Kier molecular flexibility index (Phi) is 5.25. The highest BCUT2D eigenvalue weighted by Gasteiger charge is 2.26. The summed E-state index contributed by atoms with van der Waals surface area (Å²) in [5, 5.41) is 8.45. The Labute approximate surface area is 163 Å². The van der Waals surface area contributed by atoms with Crippen LogP contribution in [0.3, 0.4) is 0 Å². The van der Waals surface area contributed by atoms with Gasteiger partial charge in [-0.15, -0.1) is 10.2 Å². The first-order chi connectivity index (χ1) is 13.6. The number of benzene rings is 2. The topological polar surface area (TPSA) is 54.6 Å². The summed E-state index contributed by atoms with van der Waals surface area (Å²) in [6.45, 7) is 5.57. The van der Waals surface area contributed by atoms with Crippen LogP contribution in [0.4, 0.5) is 10.1 Å². The molecule has 2 heterocycles. The van der Waals surface area contributed by atoms with Crippen molar-refractivity contribution in [1.29, 1.82) is 0 Å². The molecule has 0 N–H and O–H groups in total. The number of hydrogen-bond acceptors (Lipinski definition) is 6. The lowest BCUT2D eigenvalue weighted by molar-refractivity contribution is 0.174. The molecule has 1 aromatic heterocycles. The van der Waals surface area contributed by atoms with Gasteiger partial charge in [-0.3, -0.25) is 4.90 Å². The second kappa shape index (κ2) is 7.98. The Hall–Kier alpha value is -2.93. The van der Waals surface area contributed by atoms with Gasteiger partial charge < -0.3 is 14.1 Å². The van der Waals surface area contributed by atoms with Gasteiger partial charge >= 0.3 is 0 Å². The predicted octanol–water partition coefficient (Wildman–Crippen LogP) is 3.77. The maximum Gasteiger partial charge on any atom is 0.247 e. The number of hydrogen-bond donors (Lipinski definition) is 0. The molecule has 0 unspecified atom stereocenters. The normalized spacial score (nSPS) is 16.2. The molecule has 6 nitrogen and oxygen atoms in total. The van der Waals surface area contributed by atoms with Gasteiger partial charge in [0, 0.05) is 37.4 Å². The molecule has 0 spiro atoms. The van der Waals surface area contributed by atoms with Crippen molar-refractivity contribution >= 4 is 5.69 Å². The highest BCUT2D eigenvalue weighted by molar-refractivity contribution is 5.54. The summed E-state index contributed by atoms with van der Waals surface area (Å²) in [6.07, 6.45) is 0. The Morgan fingerprint density at radius 2 is 1.64 bits per heavy atom. The molecule has 0 radical (unpaired) electrons. The Bertz CT molecular complexity index is 903. The fraction of sp³-hybridized carbons (Fsp3) is 0.333. The molecule has 0 aliphatic carbocycles. The summed E-state index contributed by atoms with van der Waals surface area (Å²) in [7, 11) is 1.64. The second-order valence-electron chi connectivity index (χ2n) is 6.85. The van der Waals surface area contributed by atoms with E-state index in [2.05, 4.69) is 26.9 Å². The van der Waals surface area contributed by atoms with E-state index in [9.17, 15) is 4.39 Å². The van der Waals surface area contributed by atoms with Crippen LogP contribution in [0, 0.1) is 5.82 Å². The maximum atomic E-state index is 13.1. The van der Waals surface area contributed by atoms with E-state index < -0.39 is 0 Å². The lowest BCUT2D eigenvalue weighted by Crippen LogP contribution is -2.47. The number of aromatic nitrogens is 2. The van der Waals surface area contributed by atoms with Crippen molar-refractivity contribution in [3.8, 4) is 17.2 Å². The minimum absolute atomic E-state index is 0.0369. The highest BCUT2D eigenvalue weighted by Crippen LogP contribution is 2.27. The van der Waals surface area contributed by atoms with Crippen LogP contribution < -0.4 is 9.64 Å². The molecule has 0 saturated carbocycles. The van der Waals surface area contributed by atoms with E-state index in [4.69, 9.17) is 9.15 Å². The molecule has 2 aromatic carbocycles. The third-order valence-corrected chi connectivity index (χ3v) is 5.19. The molecule has 1 aliphatic rings. The second-order valence-corrected chi connectivity index (χ2v) is 6.85. The Balaban J connectivity index is 1.39. The smallest absolute Gasteiger partial charge is 0.247 e. The van der Waals surface area contributed by atoms with Crippen molar-refractivity contribution in [2.24, 2.45) is 0 Å². The SMILES string of the molecule is COc1ccc(-c2nnc([C@@H](C)N3CCN(c4ccc(F)cc4)CC3)o2)cc1.